The second-order valence-corrected chi connectivity index (χ2v) is 8.70. The molecule has 2 N–H and O–H groups in total. The molecule has 0 unspecified atom stereocenters. The Morgan fingerprint density at radius 3 is 2.51 bits per heavy atom. The van der Waals surface area contributed by atoms with Crippen LogP contribution in [0.25, 0.3) is 11.3 Å². The van der Waals surface area contributed by atoms with Crippen molar-refractivity contribution in [3.8, 4) is 11.3 Å². The number of halogens is 1. The van der Waals surface area contributed by atoms with E-state index in [0.717, 1.165) is 40.6 Å². The van der Waals surface area contributed by atoms with Crippen LogP contribution in [-0.2, 0) is 22.7 Å². The Morgan fingerprint density at radius 1 is 1.09 bits per heavy atom. The third-order valence-electron chi connectivity index (χ3n) is 6.06. The predicted molar refractivity (Wildman–Crippen MR) is 134 cm³/mol. The number of anilines is 2. The number of aryl methyl sites for hydroxylation is 1. The first-order chi connectivity index (χ1) is 17.0. The average molecular weight is 476 g/mol. The van der Waals surface area contributed by atoms with Crippen LogP contribution in [0.4, 0.5) is 15.9 Å². The van der Waals surface area contributed by atoms with Crippen LogP contribution in [0.5, 0.6) is 0 Å². The summed E-state index contributed by atoms with van der Waals surface area (Å²) in [5.74, 6) is 3.27. The first-order valence-electron chi connectivity index (χ1n) is 11.9. The molecule has 1 aliphatic heterocycles. The molecule has 0 radical (unpaired) electrons. The van der Waals surface area contributed by atoms with Gasteiger partial charge in [0.2, 0.25) is 5.91 Å². The number of carbonyl (C=O) groups is 1. The molecule has 7 nitrogen and oxygen atoms in total. The standard InChI is InChI=1S/C27H30FN5O2/c1-3-14-29-25(35)13-12-23(18-34)32-15-16-33-24(17-32)31-26(20-6-8-21(28)9-7-20)27(33)30-22-10-4-19(2)5-11-22/h4-11,30H,3,12-17H2,1-2H3,(H,29,35). The highest BCUT2D eigenvalue weighted by Gasteiger charge is 2.26. The molecule has 1 aromatic heterocycles. The van der Waals surface area contributed by atoms with Crippen molar-refractivity contribution in [3.05, 3.63) is 71.4 Å². The number of imidazole rings is 1. The zero-order valence-electron chi connectivity index (χ0n) is 20.1. The summed E-state index contributed by atoms with van der Waals surface area (Å²) in [4.78, 5) is 30.5. The summed E-state index contributed by atoms with van der Waals surface area (Å²) in [5.41, 5.74) is 4.08. The Labute approximate surface area is 204 Å². The maximum atomic E-state index is 13.6. The summed E-state index contributed by atoms with van der Waals surface area (Å²) in [6, 6.07) is 14.4. The van der Waals surface area contributed by atoms with Crippen molar-refractivity contribution < 1.29 is 14.0 Å². The lowest BCUT2D eigenvalue weighted by atomic mass is 10.1. The number of benzene rings is 2. The van der Waals surface area contributed by atoms with E-state index in [-0.39, 0.29) is 18.1 Å². The topological polar surface area (TPSA) is 79.3 Å². The van der Waals surface area contributed by atoms with Gasteiger partial charge in [0.1, 0.15) is 29.1 Å². The van der Waals surface area contributed by atoms with E-state index >= 15 is 0 Å². The van der Waals surface area contributed by atoms with Gasteiger partial charge < -0.3 is 20.1 Å². The summed E-state index contributed by atoms with van der Waals surface area (Å²) < 4.78 is 15.7. The number of amides is 1. The van der Waals surface area contributed by atoms with E-state index in [1.165, 1.54) is 12.1 Å². The van der Waals surface area contributed by atoms with Gasteiger partial charge in [-0.1, -0.05) is 24.6 Å². The number of nitrogens with zero attached hydrogens (tertiary/aromatic N) is 3. The van der Waals surface area contributed by atoms with Gasteiger partial charge in [-0.25, -0.2) is 14.2 Å². The van der Waals surface area contributed by atoms with E-state index in [1.807, 2.05) is 49.0 Å². The predicted octanol–water partition coefficient (Wildman–Crippen LogP) is 4.58. The smallest absolute Gasteiger partial charge is 0.220 e. The Bertz CT molecular complexity index is 1230. The first-order valence-corrected chi connectivity index (χ1v) is 11.9. The van der Waals surface area contributed by atoms with E-state index < -0.39 is 0 Å². The molecule has 3 aromatic rings. The summed E-state index contributed by atoms with van der Waals surface area (Å²) in [6.07, 6.45) is 1.45. The minimum atomic E-state index is -0.305. The fourth-order valence-corrected chi connectivity index (χ4v) is 4.13. The van der Waals surface area contributed by atoms with Gasteiger partial charge in [-0.05, 0) is 49.7 Å². The van der Waals surface area contributed by atoms with Crippen LogP contribution in [0, 0.1) is 12.7 Å². The van der Waals surface area contributed by atoms with Crippen LogP contribution in [0.15, 0.2) is 54.2 Å². The van der Waals surface area contributed by atoms with E-state index in [4.69, 9.17) is 4.98 Å². The lowest BCUT2D eigenvalue weighted by Gasteiger charge is -2.30. The summed E-state index contributed by atoms with van der Waals surface area (Å²) in [6.45, 7) is 6.28. The number of nitrogens with one attached hydrogen (secondary N) is 2. The Kier molecular flexibility index (Phi) is 7.63. The fraction of sp³-hybridized carbons (Fsp3) is 0.333. The number of fused-ring (bicyclic) bond motifs is 1. The number of carbonyl (C=O) groups excluding carboxylic acids is 2. The minimum absolute atomic E-state index is 0.0683. The van der Waals surface area contributed by atoms with Gasteiger partial charge in [0, 0.05) is 43.7 Å². The third kappa shape index (κ3) is 5.78. The lowest BCUT2D eigenvalue weighted by molar-refractivity contribution is -0.121. The third-order valence-corrected chi connectivity index (χ3v) is 6.06. The van der Waals surface area contributed by atoms with Gasteiger partial charge in [-0.3, -0.25) is 4.79 Å². The molecule has 0 atom stereocenters. The molecule has 0 fully saturated rings. The highest BCUT2D eigenvalue weighted by molar-refractivity contribution is 5.77. The molecule has 182 valence electrons. The van der Waals surface area contributed by atoms with Gasteiger partial charge in [0.15, 0.2) is 0 Å². The molecule has 0 saturated heterocycles. The van der Waals surface area contributed by atoms with Crippen molar-refractivity contribution in [2.24, 2.45) is 0 Å². The fourth-order valence-electron chi connectivity index (χ4n) is 4.13. The van der Waals surface area contributed by atoms with Crippen molar-refractivity contribution in [2.75, 3.05) is 18.4 Å². The molecular formula is C27H30FN5O2. The molecular weight excluding hydrogens is 445 g/mol. The van der Waals surface area contributed by atoms with Crippen molar-refractivity contribution in [1.82, 2.24) is 19.8 Å². The molecule has 0 bridgehead atoms. The van der Waals surface area contributed by atoms with E-state index in [9.17, 15) is 14.0 Å². The Morgan fingerprint density at radius 2 is 1.83 bits per heavy atom. The molecule has 1 aliphatic rings. The number of rotatable bonds is 9. The second-order valence-electron chi connectivity index (χ2n) is 8.70. The molecule has 0 saturated carbocycles. The van der Waals surface area contributed by atoms with Crippen LogP contribution in [-0.4, -0.2) is 39.4 Å². The molecule has 0 aliphatic carbocycles. The summed E-state index contributed by atoms with van der Waals surface area (Å²) >= 11 is 0. The first kappa shape index (κ1) is 24.2. The molecule has 35 heavy (non-hydrogen) atoms. The van der Waals surface area contributed by atoms with Crippen LogP contribution in [0.3, 0.4) is 0 Å². The molecule has 2 aromatic carbocycles. The van der Waals surface area contributed by atoms with Crippen LogP contribution < -0.4 is 10.6 Å². The van der Waals surface area contributed by atoms with Crippen molar-refractivity contribution in [3.63, 3.8) is 0 Å². The number of hydrogen-bond acceptors (Lipinski definition) is 5. The average Bonchev–Trinajstić information content (AvgIpc) is 3.22. The van der Waals surface area contributed by atoms with Gasteiger partial charge in [0.25, 0.3) is 0 Å². The highest BCUT2D eigenvalue weighted by atomic mass is 19.1. The van der Waals surface area contributed by atoms with Gasteiger partial charge >= 0.3 is 0 Å². The Hall–Kier alpha value is -3.90. The van der Waals surface area contributed by atoms with E-state index in [2.05, 4.69) is 15.2 Å². The zero-order valence-corrected chi connectivity index (χ0v) is 20.1. The largest absolute Gasteiger partial charge is 0.357 e. The van der Waals surface area contributed by atoms with Crippen LogP contribution in [0.1, 0.15) is 37.6 Å². The summed E-state index contributed by atoms with van der Waals surface area (Å²) in [7, 11) is 0. The maximum Gasteiger partial charge on any atom is 0.220 e. The second kappa shape index (κ2) is 11.0. The Balaban J connectivity index is 1.59. The quantitative estimate of drug-likeness (QED) is 0.443. The monoisotopic (exact) mass is 475 g/mol. The molecule has 2 heterocycles. The van der Waals surface area contributed by atoms with E-state index in [1.54, 1.807) is 12.1 Å². The summed E-state index contributed by atoms with van der Waals surface area (Å²) in [5, 5.41) is 6.33. The normalized spacial score (nSPS) is 12.6. The van der Waals surface area contributed by atoms with Crippen molar-refractivity contribution >= 4 is 23.4 Å². The van der Waals surface area contributed by atoms with Crippen LogP contribution in [0.2, 0.25) is 0 Å². The number of hydrogen-bond donors (Lipinski definition) is 2. The highest BCUT2D eigenvalue weighted by Crippen LogP contribution is 2.34. The van der Waals surface area contributed by atoms with E-state index in [0.29, 0.717) is 38.3 Å². The molecule has 1 amide bonds. The van der Waals surface area contributed by atoms with Crippen LogP contribution >= 0.6 is 0 Å². The van der Waals surface area contributed by atoms with Crippen molar-refractivity contribution in [1.29, 1.82) is 0 Å². The lowest BCUT2D eigenvalue weighted by Crippen LogP contribution is -2.34. The maximum absolute atomic E-state index is 13.6. The molecule has 4 rings (SSSR count). The van der Waals surface area contributed by atoms with Gasteiger partial charge in [0.05, 0.1) is 12.2 Å². The minimum Gasteiger partial charge on any atom is -0.357 e. The van der Waals surface area contributed by atoms with Crippen molar-refractivity contribution in [2.45, 2.75) is 46.2 Å². The number of aromatic nitrogens is 2. The van der Waals surface area contributed by atoms with Gasteiger partial charge in [-0.15, -0.1) is 0 Å². The zero-order chi connectivity index (χ0) is 24.8. The SMILES string of the molecule is CCCNC(=O)CCC(=C=O)N1CCn2c(nc(-c3ccc(F)cc3)c2Nc2ccc(C)cc2)C1. The molecule has 0 spiro atoms. The number of allylic oxidation sites excluding steroid dienone is 1. The van der Waals surface area contributed by atoms with Gasteiger partial charge in [-0.2, -0.15) is 0 Å². The molecule has 8 heteroatoms.